The van der Waals surface area contributed by atoms with Crippen molar-refractivity contribution in [3.8, 4) is 0 Å². The maximum atomic E-state index is 11.4. The van der Waals surface area contributed by atoms with Gasteiger partial charge in [-0.2, -0.15) is 0 Å². The summed E-state index contributed by atoms with van der Waals surface area (Å²) in [5.74, 6) is 0. The Bertz CT molecular complexity index is 332. The first-order chi connectivity index (χ1) is 6.75. The third-order valence-electron chi connectivity index (χ3n) is 2.01. The molecule has 0 fully saturated rings. The molecule has 4 heteroatoms. The van der Waals surface area contributed by atoms with Crippen LogP contribution in [0.2, 0.25) is 0 Å². The molecule has 0 aromatic carbocycles. The Balaban J connectivity index is 2.51. The van der Waals surface area contributed by atoms with Gasteiger partial charge >= 0.3 is 0 Å². The molecule has 4 nitrogen and oxygen atoms in total. The second-order valence-electron chi connectivity index (χ2n) is 3.21. The van der Waals surface area contributed by atoms with Crippen LogP contribution < -0.4 is 16.6 Å². The highest BCUT2D eigenvalue weighted by Gasteiger charge is 1.97. The summed E-state index contributed by atoms with van der Waals surface area (Å²) < 4.78 is 1.62. The molecule has 1 rings (SSSR count). The van der Waals surface area contributed by atoms with E-state index in [1.54, 1.807) is 22.9 Å². The molecule has 0 aliphatic rings. The molecule has 0 aliphatic carbocycles. The number of nitrogens with zero attached hydrogens (tertiary/aromatic N) is 1. The van der Waals surface area contributed by atoms with E-state index in [4.69, 9.17) is 5.73 Å². The van der Waals surface area contributed by atoms with E-state index >= 15 is 0 Å². The van der Waals surface area contributed by atoms with E-state index in [1.807, 2.05) is 0 Å². The fourth-order valence-corrected chi connectivity index (χ4v) is 1.23. The second kappa shape index (κ2) is 5.44. The van der Waals surface area contributed by atoms with Gasteiger partial charge in [-0.15, -0.1) is 0 Å². The Morgan fingerprint density at radius 2 is 2.29 bits per heavy atom. The average Bonchev–Trinajstić information content (AvgIpc) is 2.19. The lowest BCUT2D eigenvalue weighted by Gasteiger charge is -2.06. The number of hydrogen-bond donors (Lipinski definition) is 2. The second-order valence-corrected chi connectivity index (χ2v) is 3.21. The average molecular weight is 195 g/mol. The summed E-state index contributed by atoms with van der Waals surface area (Å²) in [7, 11) is 0. The third kappa shape index (κ3) is 2.88. The largest absolute Gasteiger partial charge is 0.394 e. The fourth-order valence-electron chi connectivity index (χ4n) is 1.23. The lowest BCUT2D eigenvalue weighted by atomic mass is 10.4. The predicted molar refractivity (Wildman–Crippen MR) is 58.3 cm³/mol. The van der Waals surface area contributed by atoms with Gasteiger partial charge in [0.2, 0.25) is 0 Å². The van der Waals surface area contributed by atoms with E-state index in [1.165, 1.54) is 0 Å². The van der Waals surface area contributed by atoms with Crippen LogP contribution in [0.15, 0.2) is 23.1 Å². The number of nitrogens with two attached hydrogens (primary N) is 1. The van der Waals surface area contributed by atoms with Gasteiger partial charge in [-0.3, -0.25) is 4.79 Å². The van der Waals surface area contributed by atoms with Crippen molar-refractivity contribution in [2.75, 3.05) is 18.8 Å². The van der Waals surface area contributed by atoms with Crippen molar-refractivity contribution >= 4 is 5.69 Å². The molecule has 3 N–H and O–H groups in total. The minimum absolute atomic E-state index is 0.106. The quantitative estimate of drug-likeness (QED) is 0.670. The molecule has 0 amide bonds. The van der Waals surface area contributed by atoms with Crippen LogP contribution in [0.25, 0.3) is 0 Å². The smallest absolute Gasteiger partial charge is 0.273 e. The zero-order valence-electron chi connectivity index (χ0n) is 8.49. The van der Waals surface area contributed by atoms with Crippen molar-refractivity contribution in [1.82, 2.24) is 9.88 Å². The van der Waals surface area contributed by atoms with Gasteiger partial charge in [-0.05, 0) is 25.1 Å². The molecule has 0 aliphatic heterocycles. The molecule has 0 saturated carbocycles. The molecule has 0 spiro atoms. The van der Waals surface area contributed by atoms with Crippen molar-refractivity contribution in [2.24, 2.45) is 0 Å². The Morgan fingerprint density at radius 1 is 1.50 bits per heavy atom. The summed E-state index contributed by atoms with van der Waals surface area (Å²) in [6, 6.07) is 3.41. The van der Waals surface area contributed by atoms with E-state index in [0.717, 1.165) is 19.5 Å². The Hall–Kier alpha value is -1.29. The Labute approximate surface area is 83.7 Å². The Kier molecular flexibility index (Phi) is 4.19. The van der Waals surface area contributed by atoms with Gasteiger partial charge in [-0.25, -0.2) is 0 Å². The lowest BCUT2D eigenvalue weighted by molar-refractivity contribution is 0.583. The van der Waals surface area contributed by atoms with Crippen molar-refractivity contribution < 1.29 is 0 Å². The van der Waals surface area contributed by atoms with Gasteiger partial charge in [0, 0.05) is 19.3 Å². The number of anilines is 1. The first-order valence-electron chi connectivity index (χ1n) is 4.91. The predicted octanol–water partition coefficient (Wildman–Crippen LogP) is 0.430. The standard InChI is InChI=1S/C10H17N3O/c1-2-5-12-6-8-13-7-3-4-9(11)10(13)14/h3-4,7,12H,2,5-6,8,11H2,1H3. The van der Waals surface area contributed by atoms with E-state index in [9.17, 15) is 4.79 Å². The van der Waals surface area contributed by atoms with Crippen LogP contribution in [-0.2, 0) is 6.54 Å². The molecule has 1 aromatic heterocycles. The zero-order valence-corrected chi connectivity index (χ0v) is 8.49. The molecule has 14 heavy (non-hydrogen) atoms. The minimum Gasteiger partial charge on any atom is -0.394 e. The first-order valence-corrected chi connectivity index (χ1v) is 4.91. The molecule has 0 saturated heterocycles. The van der Waals surface area contributed by atoms with Gasteiger partial charge in [-0.1, -0.05) is 6.92 Å². The van der Waals surface area contributed by atoms with Crippen molar-refractivity contribution in [3.05, 3.63) is 28.7 Å². The summed E-state index contributed by atoms with van der Waals surface area (Å²) >= 11 is 0. The normalized spacial score (nSPS) is 10.4. The fraction of sp³-hybridized carbons (Fsp3) is 0.500. The lowest BCUT2D eigenvalue weighted by Crippen LogP contribution is -2.28. The van der Waals surface area contributed by atoms with Gasteiger partial charge in [0.15, 0.2) is 0 Å². The van der Waals surface area contributed by atoms with Gasteiger partial charge < -0.3 is 15.6 Å². The summed E-state index contributed by atoms with van der Waals surface area (Å²) in [6.07, 6.45) is 2.86. The summed E-state index contributed by atoms with van der Waals surface area (Å²) in [4.78, 5) is 11.4. The molecule has 0 radical (unpaired) electrons. The topological polar surface area (TPSA) is 60.1 Å². The molecule has 1 aromatic rings. The maximum absolute atomic E-state index is 11.4. The third-order valence-corrected chi connectivity index (χ3v) is 2.01. The number of hydrogen-bond acceptors (Lipinski definition) is 3. The first kappa shape index (κ1) is 10.8. The molecular weight excluding hydrogens is 178 g/mol. The van der Waals surface area contributed by atoms with Crippen LogP contribution in [-0.4, -0.2) is 17.7 Å². The molecule has 0 unspecified atom stereocenters. The van der Waals surface area contributed by atoms with E-state index in [2.05, 4.69) is 12.2 Å². The van der Waals surface area contributed by atoms with Crippen molar-refractivity contribution in [1.29, 1.82) is 0 Å². The number of pyridine rings is 1. The highest BCUT2D eigenvalue weighted by Crippen LogP contribution is 1.90. The number of nitrogen functional groups attached to an aromatic ring is 1. The molecule has 0 bridgehead atoms. The van der Waals surface area contributed by atoms with Crippen molar-refractivity contribution in [3.63, 3.8) is 0 Å². The maximum Gasteiger partial charge on any atom is 0.273 e. The van der Waals surface area contributed by atoms with Gasteiger partial charge in [0.05, 0.1) is 5.69 Å². The zero-order chi connectivity index (χ0) is 10.4. The summed E-state index contributed by atoms with van der Waals surface area (Å²) in [5.41, 5.74) is 5.70. The number of aromatic nitrogens is 1. The number of rotatable bonds is 5. The van der Waals surface area contributed by atoms with Crippen molar-refractivity contribution in [2.45, 2.75) is 19.9 Å². The van der Waals surface area contributed by atoms with Crippen LogP contribution in [0, 0.1) is 0 Å². The minimum atomic E-state index is -0.106. The van der Waals surface area contributed by atoms with E-state index in [-0.39, 0.29) is 5.56 Å². The van der Waals surface area contributed by atoms with E-state index in [0.29, 0.717) is 12.2 Å². The van der Waals surface area contributed by atoms with Gasteiger partial charge in [0.1, 0.15) is 0 Å². The van der Waals surface area contributed by atoms with E-state index < -0.39 is 0 Å². The van der Waals surface area contributed by atoms with Crippen LogP contribution >= 0.6 is 0 Å². The highest BCUT2D eigenvalue weighted by atomic mass is 16.1. The molecular formula is C10H17N3O. The van der Waals surface area contributed by atoms with Crippen LogP contribution in [0.4, 0.5) is 5.69 Å². The molecule has 1 heterocycles. The summed E-state index contributed by atoms with van der Waals surface area (Å²) in [6.45, 7) is 4.57. The van der Waals surface area contributed by atoms with Crippen LogP contribution in [0.3, 0.4) is 0 Å². The van der Waals surface area contributed by atoms with Crippen LogP contribution in [0.1, 0.15) is 13.3 Å². The monoisotopic (exact) mass is 195 g/mol. The highest BCUT2D eigenvalue weighted by molar-refractivity contribution is 5.33. The molecule has 0 atom stereocenters. The Morgan fingerprint density at radius 3 is 3.00 bits per heavy atom. The van der Waals surface area contributed by atoms with Gasteiger partial charge in [0.25, 0.3) is 5.56 Å². The summed E-state index contributed by atoms with van der Waals surface area (Å²) in [5, 5.41) is 3.23. The number of nitrogens with one attached hydrogen (secondary N) is 1. The van der Waals surface area contributed by atoms with Crippen LogP contribution in [0.5, 0.6) is 0 Å². The SMILES string of the molecule is CCCNCCn1cccc(N)c1=O. The molecule has 78 valence electrons.